The number of nitrogens with two attached hydrogens (primary N) is 1. The van der Waals surface area contributed by atoms with E-state index < -0.39 is 0 Å². The molecule has 0 saturated carbocycles. The molecule has 1 aliphatic heterocycles. The number of hydrogen-bond acceptors (Lipinski definition) is 9. The Labute approximate surface area is 173 Å². The monoisotopic (exact) mass is 410 g/mol. The standard InChI is InChI=1S/C19H20N6O2.CH2O2/c1-26-15-4-2-5-16(27-7-3-6-20)19(15)13-8-17(23-10-13)25-18-12-22-14(9-21)11-24-18;2-1-3/h2,4-5,8,11-12H,3,6-7,10,20H2,1H3,(H,23,24,25);1H,(H,2,3). The van der Waals surface area contributed by atoms with Crippen LogP contribution in [0.2, 0.25) is 0 Å². The van der Waals surface area contributed by atoms with E-state index in [1.54, 1.807) is 7.11 Å². The van der Waals surface area contributed by atoms with E-state index in [4.69, 9.17) is 30.4 Å². The molecule has 10 heteroatoms. The number of carbonyl (C=O) groups is 1. The van der Waals surface area contributed by atoms with Gasteiger partial charge in [0.2, 0.25) is 0 Å². The Morgan fingerprint density at radius 3 is 2.73 bits per heavy atom. The summed E-state index contributed by atoms with van der Waals surface area (Å²) in [5, 5.41) is 18.8. The summed E-state index contributed by atoms with van der Waals surface area (Å²) < 4.78 is 11.4. The van der Waals surface area contributed by atoms with Crippen LogP contribution in [0.15, 0.2) is 41.7 Å². The number of anilines is 1. The van der Waals surface area contributed by atoms with E-state index >= 15 is 0 Å². The lowest BCUT2D eigenvalue weighted by Crippen LogP contribution is -2.09. The molecule has 0 saturated heterocycles. The molecule has 0 spiro atoms. The summed E-state index contributed by atoms with van der Waals surface area (Å²) in [4.78, 5) is 21.0. The second-order valence-electron chi connectivity index (χ2n) is 5.82. The SMILES string of the molecule is COc1cccc(OCCCN)c1C1=CC(Nc2cnc(C#N)cn2)=NC1.O=CO. The summed E-state index contributed by atoms with van der Waals surface area (Å²) in [7, 11) is 1.63. The molecular weight excluding hydrogens is 388 g/mol. The Morgan fingerprint density at radius 2 is 2.10 bits per heavy atom. The van der Waals surface area contributed by atoms with E-state index in [0.717, 1.165) is 29.1 Å². The van der Waals surface area contributed by atoms with Crippen LogP contribution < -0.4 is 20.5 Å². The van der Waals surface area contributed by atoms with Gasteiger partial charge in [0.05, 0.1) is 38.2 Å². The number of hydrogen-bond donors (Lipinski definition) is 3. The van der Waals surface area contributed by atoms with Crippen LogP contribution in [0.4, 0.5) is 5.82 Å². The predicted octanol–water partition coefficient (Wildman–Crippen LogP) is 1.69. The highest BCUT2D eigenvalue weighted by Gasteiger charge is 2.19. The van der Waals surface area contributed by atoms with Gasteiger partial charge in [0, 0.05) is 0 Å². The van der Waals surface area contributed by atoms with Crippen molar-refractivity contribution in [3.8, 4) is 17.6 Å². The third kappa shape index (κ3) is 6.02. The normalized spacial score (nSPS) is 11.9. The molecule has 1 aromatic heterocycles. The molecule has 0 aliphatic carbocycles. The van der Waals surface area contributed by atoms with Gasteiger partial charge in [0.1, 0.15) is 29.2 Å². The molecule has 2 heterocycles. The minimum absolute atomic E-state index is 0.250. The van der Waals surface area contributed by atoms with Crippen molar-refractivity contribution in [3.63, 3.8) is 0 Å². The second kappa shape index (κ2) is 11.8. The van der Waals surface area contributed by atoms with Crippen LogP contribution in [0, 0.1) is 11.3 Å². The highest BCUT2D eigenvalue weighted by Crippen LogP contribution is 2.36. The fraction of sp³-hybridized carbons (Fsp3) is 0.250. The first-order valence-electron chi connectivity index (χ1n) is 8.99. The lowest BCUT2D eigenvalue weighted by atomic mass is 10.0. The summed E-state index contributed by atoms with van der Waals surface area (Å²) in [6, 6.07) is 7.63. The molecule has 3 rings (SSSR count). The molecule has 0 unspecified atom stereocenters. The summed E-state index contributed by atoms with van der Waals surface area (Å²) in [6.45, 7) is 1.35. The van der Waals surface area contributed by atoms with Crippen LogP contribution in [0.25, 0.3) is 5.57 Å². The fourth-order valence-corrected chi connectivity index (χ4v) is 2.62. The van der Waals surface area contributed by atoms with Crippen molar-refractivity contribution in [1.29, 1.82) is 5.26 Å². The van der Waals surface area contributed by atoms with Crippen LogP contribution in [0.1, 0.15) is 17.7 Å². The number of methoxy groups -OCH3 is 1. The average molecular weight is 410 g/mol. The van der Waals surface area contributed by atoms with Crippen LogP contribution in [-0.2, 0) is 4.79 Å². The van der Waals surface area contributed by atoms with E-state index in [2.05, 4.69) is 20.3 Å². The molecule has 4 N–H and O–H groups in total. The second-order valence-corrected chi connectivity index (χ2v) is 5.82. The maximum atomic E-state index is 8.79. The predicted molar refractivity (Wildman–Crippen MR) is 112 cm³/mol. The summed E-state index contributed by atoms with van der Waals surface area (Å²) in [5.74, 6) is 2.64. The molecule has 10 nitrogen and oxygen atoms in total. The maximum Gasteiger partial charge on any atom is 0.290 e. The first-order valence-corrected chi connectivity index (χ1v) is 8.99. The summed E-state index contributed by atoms with van der Waals surface area (Å²) in [6.07, 6.45) is 5.60. The van der Waals surface area contributed by atoms with Crippen molar-refractivity contribution >= 4 is 23.7 Å². The highest BCUT2D eigenvalue weighted by molar-refractivity contribution is 6.11. The minimum atomic E-state index is -0.250. The van der Waals surface area contributed by atoms with Crippen molar-refractivity contribution in [1.82, 2.24) is 9.97 Å². The molecule has 0 bridgehead atoms. The molecule has 0 fully saturated rings. The molecule has 1 aromatic carbocycles. The van der Waals surface area contributed by atoms with Gasteiger partial charge in [0.25, 0.3) is 6.47 Å². The Balaban J connectivity index is 0.00000101. The quantitative estimate of drug-likeness (QED) is 0.456. The van der Waals surface area contributed by atoms with Crippen molar-refractivity contribution in [2.45, 2.75) is 6.42 Å². The van der Waals surface area contributed by atoms with Crippen molar-refractivity contribution in [2.75, 3.05) is 32.1 Å². The Hall–Kier alpha value is -3.97. The van der Waals surface area contributed by atoms with E-state index in [1.165, 1.54) is 12.4 Å². The number of nitriles is 1. The number of amidine groups is 1. The Morgan fingerprint density at radius 1 is 1.33 bits per heavy atom. The minimum Gasteiger partial charge on any atom is -0.496 e. The number of aliphatic imine (C=N–C) groups is 1. The molecule has 156 valence electrons. The van der Waals surface area contributed by atoms with Crippen LogP contribution in [0.5, 0.6) is 11.5 Å². The zero-order chi connectivity index (χ0) is 21.8. The number of carboxylic acid groups (broad SMARTS) is 1. The maximum absolute atomic E-state index is 8.79. The van der Waals surface area contributed by atoms with Crippen molar-refractivity contribution in [3.05, 3.63) is 47.9 Å². The van der Waals surface area contributed by atoms with Crippen LogP contribution >= 0.6 is 0 Å². The highest BCUT2D eigenvalue weighted by atomic mass is 16.5. The van der Waals surface area contributed by atoms with E-state index in [1.807, 2.05) is 30.3 Å². The summed E-state index contributed by atoms with van der Waals surface area (Å²) in [5.41, 5.74) is 7.66. The molecular formula is C20H22N6O4. The van der Waals surface area contributed by atoms with Crippen molar-refractivity contribution < 1.29 is 19.4 Å². The molecule has 30 heavy (non-hydrogen) atoms. The van der Waals surface area contributed by atoms with Crippen LogP contribution in [0.3, 0.4) is 0 Å². The van der Waals surface area contributed by atoms with Gasteiger partial charge in [-0.3, -0.25) is 9.79 Å². The first kappa shape index (κ1) is 22.3. The lowest BCUT2D eigenvalue weighted by Gasteiger charge is -2.15. The van der Waals surface area contributed by atoms with Gasteiger partial charge in [-0.1, -0.05) is 6.07 Å². The zero-order valence-electron chi connectivity index (χ0n) is 16.4. The van der Waals surface area contributed by atoms with Gasteiger partial charge in [-0.25, -0.2) is 9.97 Å². The largest absolute Gasteiger partial charge is 0.496 e. The third-order valence-corrected chi connectivity index (χ3v) is 3.89. The van der Waals surface area contributed by atoms with Gasteiger partial charge in [-0.05, 0) is 36.7 Å². The third-order valence-electron chi connectivity index (χ3n) is 3.89. The first-order chi connectivity index (χ1) is 14.7. The molecule has 1 aliphatic rings. The number of benzene rings is 1. The van der Waals surface area contributed by atoms with Gasteiger partial charge in [-0.15, -0.1) is 0 Å². The van der Waals surface area contributed by atoms with Gasteiger partial charge < -0.3 is 25.6 Å². The zero-order valence-corrected chi connectivity index (χ0v) is 16.4. The molecule has 0 atom stereocenters. The van der Waals surface area contributed by atoms with Gasteiger partial charge in [-0.2, -0.15) is 5.26 Å². The summed E-state index contributed by atoms with van der Waals surface area (Å²) >= 11 is 0. The average Bonchev–Trinajstić information content (AvgIpc) is 3.22. The molecule has 0 amide bonds. The number of nitrogens with one attached hydrogen (secondary N) is 1. The van der Waals surface area contributed by atoms with Crippen molar-refractivity contribution in [2.24, 2.45) is 10.7 Å². The Kier molecular flexibility index (Phi) is 8.76. The van der Waals surface area contributed by atoms with Gasteiger partial charge >= 0.3 is 0 Å². The number of nitrogens with zero attached hydrogens (tertiary/aromatic N) is 4. The number of aromatic nitrogens is 2. The topological polar surface area (TPSA) is 156 Å². The molecule has 0 radical (unpaired) electrons. The molecule has 2 aromatic rings. The van der Waals surface area contributed by atoms with Crippen LogP contribution in [-0.4, -0.2) is 54.2 Å². The lowest BCUT2D eigenvalue weighted by molar-refractivity contribution is -0.122. The van der Waals surface area contributed by atoms with E-state index in [-0.39, 0.29) is 12.2 Å². The number of ether oxygens (including phenoxy) is 2. The van der Waals surface area contributed by atoms with Gasteiger partial charge in [0.15, 0.2) is 5.69 Å². The fourth-order valence-electron chi connectivity index (χ4n) is 2.62. The van der Waals surface area contributed by atoms with E-state index in [9.17, 15) is 0 Å². The Bertz CT molecular complexity index is 951. The number of rotatable bonds is 7. The van der Waals surface area contributed by atoms with E-state index in [0.29, 0.717) is 31.3 Å². The smallest absolute Gasteiger partial charge is 0.290 e.